The van der Waals surface area contributed by atoms with Crippen LogP contribution in [0.4, 0.5) is 11.4 Å². The number of benzene rings is 3. The molecule has 2 N–H and O–H groups in total. The zero-order valence-corrected chi connectivity index (χ0v) is 27.7. The summed E-state index contributed by atoms with van der Waals surface area (Å²) in [6, 6.07) is 16.5. The van der Waals surface area contributed by atoms with E-state index < -0.39 is 0 Å². The van der Waals surface area contributed by atoms with Crippen molar-refractivity contribution in [3.8, 4) is 11.5 Å². The van der Waals surface area contributed by atoms with Gasteiger partial charge in [0.1, 0.15) is 11.5 Å². The fraction of sp³-hybridized carbons (Fsp3) is 0.486. The number of phenolic OH excluding ortho intramolecular Hbond substituents is 2. The van der Waals surface area contributed by atoms with Gasteiger partial charge in [-0.05, 0) is 62.6 Å². The number of rotatable bonds is 5. The van der Waals surface area contributed by atoms with E-state index in [0.29, 0.717) is 17.9 Å². The summed E-state index contributed by atoms with van der Waals surface area (Å²) in [6.07, 6.45) is 1.78. The topological polar surface area (TPSA) is 56.1 Å². The monoisotopic (exact) mass is 556 g/mol. The molecule has 0 aliphatic rings. The van der Waals surface area contributed by atoms with Crippen molar-refractivity contribution in [1.29, 1.82) is 0 Å². The molecule has 0 radical (unpaired) electrons. The molecule has 0 aliphatic heterocycles. The first-order valence-electron chi connectivity index (χ1n) is 14.7. The largest absolute Gasteiger partial charge is 0.507 e. The first-order valence-corrected chi connectivity index (χ1v) is 14.7. The third-order valence-corrected chi connectivity index (χ3v) is 7.72. The lowest BCUT2D eigenvalue weighted by atomic mass is 9.79. The minimum atomic E-state index is -0.207. The smallest absolute Gasteiger partial charge is 0.128 e. The fourth-order valence-electron chi connectivity index (χ4n) is 4.96. The molecule has 0 bridgehead atoms. The van der Waals surface area contributed by atoms with E-state index in [1.54, 1.807) is 6.21 Å². The molecule has 4 heteroatoms. The lowest BCUT2D eigenvalue weighted by molar-refractivity contribution is 0.437. The van der Waals surface area contributed by atoms with Gasteiger partial charge in [0, 0.05) is 36.5 Å². The van der Waals surface area contributed by atoms with E-state index in [4.69, 9.17) is 4.99 Å². The van der Waals surface area contributed by atoms with Crippen molar-refractivity contribution in [2.24, 2.45) is 4.99 Å². The van der Waals surface area contributed by atoms with E-state index in [-0.39, 0.29) is 27.4 Å². The molecule has 3 aromatic carbocycles. The average molecular weight is 557 g/mol. The van der Waals surface area contributed by atoms with Gasteiger partial charge in [-0.15, -0.1) is 0 Å². The van der Waals surface area contributed by atoms with E-state index in [1.807, 2.05) is 37.4 Å². The SMILES string of the molecule is CN(Cc1cc(C(C)(C)C)cc(C(C)(C)C)c1O)c1ccccc1N=Cc1cc(C(C)(C)C)cc(C(C)(C)C)c1O. The summed E-state index contributed by atoms with van der Waals surface area (Å²) in [5, 5.41) is 22.6. The Hall–Kier alpha value is -3.27. The summed E-state index contributed by atoms with van der Waals surface area (Å²) in [7, 11) is 2.03. The van der Waals surface area contributed by atoms with Crippen LogP contribution in [0, 0.1) is 0 Å². The number of hydrogen-bond acceptors (Lipinski definition) is 4. The number of hydrogen-bond donors (Lipinski definition) is 2. The van der Waals surface area contributed by atoms with Crippen LogP contribution in [0.5, 0.6) is 11.5 Å². The lowest BCUT2D eigenvalue weighted by Gasteiger charge is -2.29. The normalized spacial score (nSPS) is 13.2. The zero-order chi connectivity index (χ0) is 31.1. The van der Waals surface area contributed by atoms with Crippen molar-refractivity contribution in [1.82, 2.24) is 0 Å². The van der Waals surface area contributed by atoms with Gasteiger partial charge in [-0.1, -0.05) is 107 Å². The Balaban J connectivity index is 2.07. The lowest BCUT2D eigenvalue weighted by Crippen LogP contribution is -2.21. The Bertz CT molecular complexity index is 1420. The van der Waals surface area contributed by atoms with Crippen LogP contribution >= 0.6 is 0 Å². The quantitative estimate of drug-likeness (QED) is 0.308. The molecule has 0 saturated carbocycles. The predicted octanol–water partition coefficient (Wildman–Crippen LogP) is 9.67. The maximum Gasteiger partial charge on any atom is 0.128 e. The van der Waals surface area contributed by atoms with Crippen LogP contribution in [0.1, 0.15) is 116 Å². The molecular weight excluding hydrogens is 504 g/mol. The van der Waals surface area contributed by atoms with Crippen molar-refractivity contribution in [2.75, 3.05) is 11.9 Å². The van der Waals surface area contributed by atoms with Crippen LogP contribution in [0.25, 0.3) is 0 Å². The Morgan fingerprint density at radius 3 is 1.66 bits per heavy atom. The van der Waals surface area contributed by atoms with Gasteiger partial charge in [-0.25, -0.2) is 0 Å². The van der Waals surface area contributed by atoms with Crippen molar-refractivity contribution in [3.05, 3.63) is 81.9 Å². The summed E-state index contributed by atoms with van der Waals surface area (Å²) < 4.78 is 0. The summed E-state index contributed by atoms with van der Waals surface area (Å²) in [4.78, 5) is 7.02. The molecule has 0 aromatic heterocycles. The van der Waals surface area contributed by atoms with Crippen LogP contribution in [-0.2, 0) is 28.2 Å². The molecule has 0 saturated heterocycles. The van der Waals surface area contributed by atoms with Crippen LogP contribution in [-0.4, -0.2) is 23.5 Å². The highest BCUT2D eigenvalue weighted by Crippen LogP contribution is 2.40. The van der Waals surface area contributed by atoms with Gasteiger partial charge in [0.25, 0.3) is 0 Å². The minimum absolute atomic E-state index is 0.0429. The number of anilines is 1. The molecule has 0 aliphatic carbocycles. The summed E-state index contributed by atoms with van der Waals surface area (Å²) in [5.41, 5.74) is 7.11. The molecule has 4 nitrogen and oxygen atoms in total. The van der Waals surface area contributed by atoms with Gasteiger partial charge in [-0.3, -0.25) is 4.99 Å². The highest BCUT2D eigenvalue weighted by Gasteiger charge is 2.26. The van der Waals surface area contributed by atoms with Gasteiger partial charge < -0.3 is 15.1 Å². The molecule has 0 spiro atoms. The van der Waals surface area contributed by atoms with Crippen LogP contribution in [0.15, 0.2) is 53.5 Å². The molecule has 222 valence electrons. The van der Waals surface area contributed by atoms with Crippen molar-refractivity contribution in [2.45, 2.75) is 111 Å². The third kappa shape index (κ3) is 7.52. The number of phenols is 2. The molecule has 41 heavy (non-hydrogen) atoms. The second-order valence-corrected chi connectivity index (χ2v) is 15.6. The summed E-state index contributed by atoms with van der Waals surface area (Å²) in [5.74, 6) is 0.635. The van der Waals surface area contributed by atoms with Gasteiger partial charge in [0.2, 0.25) is 0 Å². The molecule has 0 unspecified atom stereocenters. The zero-order valence-electron chi connectivity index (χ0n) is 27.7. The van der Waals surface area contributed by atoms with Gasteiger partial charge in [-0.2, -0.15) is 0 Å². The molecule has 0 amide bonds. The Morgan fingerprint density at radius 2 is 1.15 bits per heavy atom. The van der Waals surface area contributed by atoms with Crippen LogP contribution < -0.4 is 4.90 Å². The summed E-state index contributed by atoms with van der Waals surface area (Å²) >= 11 is 0. The first-order chi connectivity index (χ1) is 18.6. The van der Waals surface area contributed by atoms with Crippen molar-refractivity contribution in [3.63, 3.8) is 0 Å². The highest BCUT2D eigenvalue weighted by atomic mass is 16.3. The molecule has 0 heterocycles. The fourth-order valence-corrected chi connectivity index (χ4v) is 4.96. The second-order valence-electron chi connectivity index (χ2n) is 15.6. The van der Waals surface area contributed by atoms with E-state index in [1.165, 1.54) is 5.56 Å². The highest BCUT2D eigenvalue weighted by molar-refractivity contribution is 5.88. The molecular formula is C37H52N2O2. The number of nitrogens with zero attached hydrogens (tertiary/aromatic N) is 2. The van der Waals surface area contributed by atoms with Crippen LogP contribution in [0.2, 0.25) is 0 Å². The molecule has 0 atom stereocenters. The second kappa shape index (κ2) is 11.2. The van der Waals surface area contributed by atoms with Gasteiger partial charge in [0.15, 0.2) is 0 Å². The molecule has 0 fully saturated rings. The van der Waals surface area contributed by atoms with Crippen molar-refractivity contribution < 1.29 is 10.2 Å². The van der Waals surface area contributed by atoms with E-state index in [0.717, 1.165) is 33.6 Å². The maximum absolute atomic E-state index is 11.4. The third-order valence-electron chi connectivity index (χ3n) is 7.72. The number of para-hydroxylation sites is 2. The van der Waals surface area contributed by atoms with E-state index in [9.17, 15) is 10.2 Å². The van der Waals surface area contributed by atoms with Gasteiger partial charge in [0.05, 0.1) is 11.4 Å². The Kier molecular flexibility index (Phi) is 8.80. The maximum atomic E-state index is 11.4. The Labute approximate surface area is 249 Å². The standard InChI is InChI=1S/C37H52N2O2/c1-34(2,3)26-18-24(32(40)28(20-26)36(7,8)9)22-38-30-16-14-15-17-31(30)39(13)23-25-19-27(35(4,5)6)21-29(33(25)41)37(10,11)12/h14-22,40-41H,23H2,1-13H3. The summed E-state index contributed by atoms with van der Waals surface area (Å²) in [6.45, 7) is 26.5. The van der Waals surface area contributed by atoms with Gasteiger partial charge >= 0.3 is 0 Å². The average Bonchev–Trinajstić information content (AvgIpc) is 2.81. The molecule has 3 rings (SSSR count). The number of aromatic hydroxyl groups is 2. The molecule has 3 aromatic rings. The first kappa shape index (κ1) is 32.2. The van der Waals surface area contributed by atoms with Crippen molar-refractivity contribution >= 4 is 17.6 Å². The predicted molar refractivity (Wildman–Crippen MR) is 177 cm³/mol. The number of aliphatic imine (C=N–C) groups is 1. The Morgan fingerprint density at radius 1 is 0.659 bits per heavy atom. The minimum Gasteiger partial charge on any atom is -0.507 e. The van der Waals surface area contributed by atoms with Crippen LogP contribution in [0.3, 0.4) is 0 Å². The van der Waals surface area contributed by atoms with E-state index >= 15 is 0 Å². The van der Waals surface area contributed by atoms with E-state index in [2.05, 4.69) is 106 Å².